The predicted octanol–water partition coefficient (Wildman–Crippen LogP) is 2.45. The van der Waals surface area contributed by atoms with E-state index in [0.29, 0.717) is 0 Å². The number of ether oxygens (including phenoxy) is 1. The molecular formula is C15H16N2O4. The molecule has 1 heterocycles. The largest absolute Gasteiger partial charge is 0.492 e. The van der Waals surface area contributed by atoms with Crippen LogP contribution >= 0.6 is 0 Å². The van der Waals surface area contributed by atoms with Gasteiger partial charge in [-0.3, -0.25) is 14.9 Å². The lowest BCUT2D eigenvalue weighted by Crippen LogP contribution is -2.22. The highest BCUT2D eigenvalue weighted by atomic mass is 16.6. The van der Waals surface area contributed by atoms with Gasteiger partial charge in [0.2, 0.25) is 0 Å². The zero-order valence-corrected chi connectivity index (χ0v) is 11.9. The van der Waals surface area contributed by atoms with Gasteiger partial charge in [0, 0.05) is 12.1 Å². The van der Waals surface area contributed by atoms with Crippen LogP contribution in [0.3, 0.4) is 0 Å². The van der Waals surface area contributed by atoms with Crippen molar-refractivity contribution in [3.05, 3.63) is 68.1 Å². The summed E-state index contributed by atoms with van der Waals surface area (Å²) in [7, 11) is 0. The Morgan fingerprint density at radius 3 is 2.48 bits per heavy atom. The molecule has 0 atom stereocenters. The summed E-state index contributed by atoms with van der Waals surface area (Å²) in [4.78, 5) is 21.8. The Kier molecular flexibility index (Phi) is 4.37. The molecular weight excluding hydrogens is 272 g/mol. The van der Waals surface area contributed by atoms with Gasteiger partial charge in [0.25, 0.3) is 11.2 Å². The van der Waals surface area contributed by atoms with Gasteiger partial charge in [-0.2, -0.15) is 0 Å². The molecule has 0 unspecified atom stereocenters. The van der Waals surface area contributed by atoms with E-state index >= 15 is 0 Å². The number of nitrogens with zero attached hydrogens (tertiary/aromatic N) is 2. The summed E-state index contributed by atoms with van der Waals surface area (Å²) in [5, 5.41) is 10.7. The average molecular weight is 288 g/mol. The Morgan fingerprint density at radius 1 is 1.19 bits per heavy atom. The zero-order chi connectivity index (χ0) is 15.4. The van der Waals surface area contributed by atoms with Crippen molar-refractivity contribution in [3.8, 4) is 5.75 Å². The second kappa shape index (κ2) is 6.21. The molecule has 0 aliphatic carbocycles. The van der Waals surface area contributed by atoms with Crippen LogP contribution in [-0.2, 0) is 6.54 Å². The van der Waals surface area contributed by atoms with Crippen LogP contribution in [0.1, 0.15) is 11.1 Å². The van der Waals surface area contributed by atoms with Crippen molar-refractivity contribution in [2.75, 3.05) is 6.61 Å². The molecule has 1 aromatic carbocycles. The lowest BCUT2D eigenvalue weighted by Gasteiger charge is -2.09. The highest BCUT2D eigenvalue weighted by Crippen LogP contribution is 2.16. The Balaban J connectivity index is 2.05. The van der Waals surface area contributed by atoms with Gasteiger partial charge < -0.3 is 9.30 Å². The molecule has 0 radical (unpaired) electrons. The molecule has 0 saturated carbocycles. The molecule has 0 fully saturated rings. The minimum absolute atomic E-state index is 0.110. The maximum atomic E-state index is 11.6. The zero-order valence-electron chi connectivity index (χ0n) is 11.9. The lowest BCUT2D eigenvalue weighted by atomic mass is 10.1. The van der Waals surface area contributed by atoms with Crippen LogP contribution in [0.4, 0.5) is 5.69 Å². The molecule has 1 aromatic heterocycles. The van der Waals surface area contributed by atoms with Crippen molar-refractivity contribution in [2.24, 2.45) is 0 Å². The van der Waals surface area contributed by atoms with E-state index in [9.17, 15) is 14.9 Å². The van der Waals surface area contributed by atoms with E-state index in [1.54, 1.807) is 0 Å². The van der Waals surface area contributed by atoms with Gasteiger partial charge in [-0.1, -0.05) is 6.07 Å². The number of hydrogen-bond donors (Lipinski definition) is 0. The van der Waals surface area contributed by atoms with E-state index < -0.39 is 4.92 Å². The Labute approximate surface area is 121 Å². The molecule has 0 bridgehead atoms. The first-order valence-electron chi connectivity index (χ1n) is 6.52. The van der Waals surface area contributed by atoms with Crippen LogP contribution in [0.25, 0.3) is 0 Å². The van der Waals surface area contributed by atoms with Crippen LogP contribution in [0.15, 0.2) is 41.3 Å². The third kappa shape index (κ3) is 3.92. The summed E-state index contributed by atoms with van der Waals surface area (Å²) in [6.07, 6.45) is 1.23. The molecule has 0 aliphatic rings. The second-order valence-corrected chi connectivity index (χ2v) is 4.85. The van der Waals surface area contributed by atoms with Gasteiger partial charge >= 0.3 is 0 Å². The number of aryl methyl sites for hydroxylation is 2. The van der Waals surface area contributed by atoms with E-state index in [-0.39, 0.29) is 24.4 Å². The number of aromatic nitrogens is 1. The summed E-state index contributed by atoms with van der Waals surface area (Å²) < 4.78 is 6.88. The maximum absolute atomic E-state index is 11.6. The molecule has 6 heteroatoms. The summed E-state index contributed by atoms with van der Waals surface area (Å²) in [6.45, 7) is 4.48. The first-order valence-corrected chi connectivity index (χ1v) is 6.52. The monoisotopic (exact) mass is 288 g/mol. The average Bonchev–Trinajstić information content (AvgIpc) is 2.39. The summed E-state index contributed by atoms with van der Waals surface area (Å²) in [6, 6.07) is 8.24. The number of rotatable bonds is 5. The quantitative estimate of drug-likeness (QED) is 0.625. The van der Waals surface area contributed by atoms with Gasteiger partial charge in [0.05, 0.1) is 17.7 Å². The maximum Gasteiger partial charge on any atom is 0.285 e. The fourth-order valence-electron chi connectivity index (χ4n) is 2.08. The third-order valence-electron chi connectivity index (χ3n) is 2.97. The van der Waals surface area contributed by atoms with Crippen LogP contribution < -0.4 is 10.3 Å². The van der Waals surface area contributed by atoms with Gasteiger partial charge in [-0.25, -0.2) is 0 Å². The first kappa shape index (κ1) is 14.8. The van der Waals surface area contributed by atoms with E-state index in [1.165, 1.54) is 22.9 Å². The summed E-state index contributed by atoms with van der Waals surface area (Å²) in [5.74, 6) is 0.728. The molecule has 0 aliphatic heterocycles. The Morgan fingerprint density at radius 2 is 1.86 bits per heavy atom. The highest BCUT2D eigenvalue weighted by Gasteiger charge is 2.07. The third-order valence-corrected chi connectivity index (χ3v) is 2.97. The van der Waals surface area contributed by atoms with E-state index in [1.807, 2.05) is 32.0 Å². The van der Waals surface area contributed by atoms with Gasteiger partial charge in [0.1, 0.15) is 12.4 Å². The first-order chi connectivity index (χ1) is 9.95. The molecule has 0 N–H and O–H groups in total. The molecule has 0 spiro atoms. The number of benzene rings is 1. The van der Waals surface area contributed by atoms with Crippen molar-refractivity contribution >= 4 is 5.69 Å². The van der Waals surface area contributed by atoms with Gasteiger partial charge in [-0.15, -0.1) is 0 Å². The van der Waals surface area contributed by atoms with E-state index in [0.717, 1.165) is 16.9 Å². The Hall–Kier alpha value is -2.63. The van der Waals surface area contributed by atoms with Crippen molar-refractivity contribution in [1.29, 1.82) is 0 Å². The van der Waals surface area contributed by atoms with E-state index in [4.69, 9.17) is 4.74 Å². The molecule has 0 saturated heterocycles. The fraction of sp³-hybridized carbons (Fsp3) is 0.267. The number of pyridine rings is 1. The molecule has 110 valence electrons. The van der Waals surface area contributed by atoms with E-state index in [2.05, 4.69) is 0 Å². The lowest BCUT2D eigenvalue weighted by molar-refractivity contribution is -0.385. The minimum atomic E-state index is -0.527. The predicted molar refractivity (Wildman–Crippen MR) is 78.8 cm³/mol. The molecule has 21 heavy (non-hydrogen) atoms. The topological polar surface area (TPSA) is 74.4 Å². The second-order valence-electron chi connectivity index (χ2n) is 4.85. The minimum Gasteiger partial charge on any atom is -0.492 e. The number of nitro groups is 1. The standard InChI is InChI=1S/C15H16N2O4/c1-11-7-12(2)9-14(8-11)21-6-5-16-10-13(17(19)20)3-4-15(16)18/h3-4,7-10H,5-6H2,1-2H3. The van der Waals surface area contributed by atoms with Crippen LogP contribution in [0.2, 0.25) is 0 Å². The molecule has 6 nitrogen and oxygen atoms in total. The number of hydrogen-bond acceptors (Lipinski definition) is 4. The summed E-state index contributed by atoms with van der Waals surface area (Å²) in [5.41, 5.74) is 1.79. The highest BCUT2D eigenvalue weighted by molar-refractivity contribution is 5.33. The van der Waals surface area contributed by atoms with Crippen molar-refractivity contribution in [3.63, 3.8) is 0 Å². The SMILES string of the molecule is Cc1cc(C)cc(OCCn2cc([N+](=O)[O-])ccc2=O)c1. The van der Waals surface area contributed by atoms with Crippen LogP contribution in [0, 0.1) is 24.0 Å². The molecule has 0 amide bonds. The van der Waals surface area contributed by atoms with Crippen LogP contribution in [-0.4, -0.2) is 16.1 Å². The van der Waals surface area contributed by atoms with Crippen molar-refractivity contribution in [2.45, 2.75) is 20.4 Å². The van der Waals surface area contributed by atoms with Crippen molar-refractivity contribution < 1.29 is 9.66 Å². The van der Waals surface area contributed by atoms with Crippen LogP contribution in [0.5, 0.6) is 5.75 Å². The Bertz CT molecular complexity index is 702. The smallest absolute Gasteiger partial charge is 0.285 e. The normalized spacial score (nSPS) is 10.4. The molecule has 2 rings (SSSR count). The van der Waals surface area contributed by atoms with Gasteiger partial charge in [0.15, 0.2) is 0 Å². The fourth-order valence-corrected chi connectivity index (χ4v) is 2.08. The van der Waals surface area contributed by atoms with Crippen molar-refractivity contribution in [1.82, 2.24) is 4.57 Å². The molecule has 2 aromatic rings. The summed E-state index contributed by atoms with van der Waals surface area (Å²) >= 11 is 0. The van der Waals surface area contributed by atoms with Gasteiger partial charge in [-0.05, 0) is 37.1 Å².